The SMILES string of the molecule is COc1ccc(NC(=O)CSCC(=O)OCc2ccccc2Cl)cc1. The van der Waals surface area contributed by atoms with Gasteiger partial charge in [0.2, 0.25) is 5.91 Å². The first-order valence-electron chi connectivity index (χ1n) is 7.49. The van der Waals surface area contributed by atoms with Gasteiger partial charge < -0.3 is 14.8 Å². The minimum absolute atomic E-state index is 0.0977. The summed E-state index contributed by atoms with van der Waals surface area (Å²) in [5.41, 5.74) is 1.42. The minimum Gasteiger partial charge on any atom is -0.497 e. The average Bonchev–Trinajstić information content (AvgIpc) is 2.61. The smallest absolute Gasteiger partial charge is 0.316 e. The van der Waals surface area contributed by atoms with E-state index in [-0.39, 0.29) is 30.0 Å². The van der Waals surface area contributed by atoms with E-state index in [9.17, 15) is 9.59 Å². The molecule has 2 aromatic carbocycles. The fourth-order valence-corrected chi connectivity index (χ4v) is 2.71. The number of anilines is 1. The lowest BCUT2D eigenvalue weighted by Gasteiger charge is -2.07. The van der Waals surface area contributed by atoms with Crippen LogP contribution >= 0.6 is 23.4 Å². The number of hydrogen-bond donors (Lipinski definition) is 1. The zero-order valence-corrected chi connectivity index (χ0v) is 15.2. The van der Waals surface area contributed by atoms with Crippen molar-refractivity contribution in [1.82, 2.24) is 0 Å². The van der Waals surface area contributed by atoms with Crippen LogP contribution < -0.4 is 10.1 Å². The number of esters is 1. The highest BCUT2D eigenvalue weighted by atomic mass is 35.5. The van der Waals surface area contributed by atoms with Crippen molar-refractivity contribution in [3.63, 3.8) is 0 Å². The Kier molecular flexibility index (Phi) is 7.63. The first kappa shape index (κ1) is 19.1. The van der Waals surface area contributed by atoms with Crippen molar-refractivity contribution >= 4 is 40.9 Å². The molecule has 0 aliphatic carbocycles. The van der Waals surface area contributed by atoms with Gasteiger partial charge in [0.15, 0.2) is 0 Å². The highest BCUT2D eigenvalue weighted by Gasteiger charge is 2.08. The van der Waals surface area contributed by atoms with E-state index in [1.54, 1.807) is 43.5 Å². The van der Waals surface area contributed by atoms with Crippen molar-refractivity contribution in [3.8, 4) is 5.75 Å². The van der Waals surface area contributed by atoms with Crippen LogP contribution in [-0.2, 0) is 20.9 Å². The summed E-state index contributed by atoms with van der Waals surface area (Å²) in [4.78, 5) is 23.5. The number of benzene rings is 2. The second-order valence-electron chi connectivity index (χ2n) is 5.02. The summed E-state index contributed by atoms with van der Waals surface area (Å²) in [6.45, 7) is 0.122. The summed E-state index contributed by atoms with van der Waals surface area (Å²) in [5, 5.41) is 3.30. The van der Waals surface area contributed by atoms with Gasteiger partial charge >= 0.3 is 5.97 Å². The van der Waals surface area contributed by atoms with Crippen molar-refractivity contribution < 1.29 is 19.1 Å². The number of nitrogens with one attached hydrogen (secondary N) is 1. The van der Waals surface area contributed by atoms with Gasteiger partial charge in [-0.2, -0.15) is 0 Å². The number of carbonyl (C=O) groups excluding carboxylic acids is 2. The Hall–Kier alpha value is -2.18. The molecular formula is C18H18ClNO4S. The Balaban J connectivity index is 1.66. The molecule has 0 saturated heterocycles. The number of halogens is 1. The Labute approximate surface area is 155 Å². The average molecular weight is 380 g/mol. The topological polar surface area (TPSA) is 64.6 Å². The monoisotopic (exact) mass is 379 g/mol. The van der Waals surface area contributed by atoms with Gasteiger partial charge in [0.25, 0.3) is 0 Å². The van der Waals surface area contributed by atoms with Crippen LogP contribution in [0.3, 0.4) is 0 Å². The molecular weight excluding hydrogens is 362 g/mol. The quantitative estimate of drug-likeness (QED) is 0.707. The summed E-state index contributed by atoms with van der Waals surface area (Å²) < 4.78 is 10.2. The predicted molar refractivity (Wildman–Crippen MR) is 100 cm³/mol. The fraction of sp³-hybridized carbons (Fsp3) is 0.222. The number of hydrogen-bond acceptors (Lipinski definition) is 5. The summed E-state index contributed by atoms with van der Waals surface area (Å²) in [7, 11) is 1.58. The van der Waals surface area contributed by atoms with E-state index in [1.807, 2.05) is 12.1 Å². The second-order valence-corrected chi connectivity index (χ2v) is 6.41. The summed E-state index contributed by atoms with van der Waals surface area (Å²) in [6.07, 6.45) is 0. The van der Waals surface area contributed by atoms with E-state index < -0.39 is 0 Å². The van der Waals surface area contributed by atoms with Crippen LogP contribution in [0.5, 0.6) is 5.75 Å². The molecule has 0 atom stereocenters. The number of ether oxygens (including phenoxy) is 2. The molecule has 0 aliphatic rings. The van der Waals surface area contributed by atoms with Crippen molar-refractivity contribution in [2.45, 2.75) is 6.61 Å². The van der Waals surface area contributed by atoms with Crippen LogP contribution in [0.1, 0.15) is 5.56 Å². The Bertz CT molecular complexity index is 721. The van der Waals surface area contributed by atoms with Gasteiger partial charge in [-0.3, -0.25) is 9.59 Å². The molecule has 132 valence electrons. The van der Waals surface area contributed by atoms with Crippen molar-refractivity contribution in [2.24, 2.45) is 0 Å². The standard InChI is InChI=1S/C18H18ClNO4S/c1-23-15-8-6-14(7-9-15)20-17(21)11-25-12-18(22)24-10-13-4-2-3-5-16(13)19/h2-9H,10-12H2,1H3,(H,20,21). The normalized spacial score (nSPS) is 10.2. The zero-order valence-electron chi connectivity index (χ0n) is 13.7. The first-order chi connectivity index (χ1) is 12.1. The zero-order chi connectivity index (χ0) is 18.1. The molecule has 0 aliphatic heterocycles. The van der Waals surface area contributed by atoms with Crippen molar-refractivity contribution in [3.05, 3.63) is 59.1 Å². The maximum absolute atomic E-state index is 11.8. The second kappa shape index (κ2) is 9.96. The molecule has 0 radical (unpaired) electrons. The van der Waals surface area contributed by atoms with Gasteiger partial charge in [-0.05, 0) is 30.3 Å². The highest BCUT2D eigenvalue weighted by molar-refractivity contribution is 8.00. The van der Waals surface area contributed by atoms with E-state index >= 15 is 0 Å². The predicted octanol–water partition coefficient (Wildman–Crippen LogP) is 3.76. The largest absolute Gasteiger partial charge is 0.497 e. The van der Waals surface area contributed by atoms with E-state index in [0.29, 0.717) is 16.5 Å². The lowest BCUT2D eigenvalue weighted by Crippen LogP contribution is -2.16. The third-order valence-corrected chi connectivity index (χ3v) is 4.45. The van der Waals surface area contributed by atoms with Crippen molar-refractivity contribution in [1.29, 1.82) is 0 Å². The Morgan fingerprint density at radius 3 is 2.48 bits per heavy atom. The van der Waals surface area contributed by atoms with Gasteiger partial charge in [-0.15, -0.1) is 11.8 Å². The summed E-state index contributed by atoms with van der Waals surface area (Å²) in [5.74, 6) is 0.401. The fourth-order valence-electron chi connectivity index (χ4n) is 1.91. The Morgan fingerprint density at radius 1 is 1.08 bits per heavy atom. The third-order valence-electron chi connectivity index (χ3n) is 3.17. The van der Waals surface area contributed by atoms with E-state index in [4.69, 9.17) is 21.1 Å². The first-order valence-corrected chi connectivity index (χ1v) is 9.02. The molecule has 0 fully saturated rings. The Morgan fingerprint density at radius 2 is 1.80 bits per heavy atom. The molecule has 25 heavy (non-hydrogen) atoms. The van der Waals surface area contributed by atoms with E-state index in [0.717, 1.165) is 5.56 Å². The molecule has 0 spiro atoms. The molecule has 0 unspecified atom stereocenters. The number of amides is 1. The van der Waals surface area contributed by atoms with E-state index in [1.165, 1.54) is 11.8 Å². The molecule has 5 nitrogen and oxygen atoms in total. The van der Waals surface area contributed by atoms with Gasteiger partial charge in [-0.1, -0.05) is 29.8 Å². The molecule has 0 heterocycles. The van der Waals surface area contributed by atoms with Crippen LogP contribution in [-0.4, -0.2) is 30.5 Å². The van der Waals surface area contributed by atoms with Gasteiger partial charge in [0, 0.05) is 16.3 Å². The van der Waals surface area contributed by atoms with Gasteiger partial charge in [0.05, 0.1) is 18.6 Å². The van der Waals surface area contributed by atoms with Crippen LogP contribution in [0.25, 0.3) is 0 Å². The third kappa shape index (κ3) is 6.68. The van der Waals surface area contributed by atoms with Crippen LogP contribution in [0.15, 0.2) is 48.5 Å². The summed E-state index contributed by atoms with van der Waals surface area (Å²) >= 11 is 7.18. The number of carbonyl (C=O) groups is 2. The number of methoxy groups -OCH3 is 1. The molecule has 1 N–H and O–H groups in total. The van der Waals surface area contributed by atoms with Crippen molar-refractivity contribution in [2.75, 3.05) is 23.9 Å². The van der Waals surface area contributed by atoms with Gasteiger partial charge in [0.1, 0.15) is 12.4 Å². The maximum Gasteiger partial charge on any atom is 0.316 e. The number of thioether (sulfide) groups is 1. The molecule has 7 heteroatoms. The molecule has 0 saturated carbocycles. The molecule has 1 amide bonds. The molecule has 2 rings (SSSR count). The maximum atomic E-state index is 11.8. The molecule has 0 bridgehead atoms. The van der Waals surface area contributed by atoms with Crippen LogP contribution in [0.4, 0.5) is 5.69 Å². The lowest BCUT2D eigenvalue weighted by molar-refractivity contribution is -0.141. The number of rotatable bonds is 8. The highest BCUT2D eigenvalue weighted by Crippen LogP contribution is 2.17. The summed E-state index contributed by atoms with van der Waals surface area (Å²) in [6, 6.07) is 14.2. The minimum atomic E-state index is -0.387. The molecule has 0 aromatic heterocycles. The van der Waals surface area contributed by atoms with Crippen LogP contribution in [0, 0.1) is 0 Å². The molecule has 2 aromatic rings. The van der Waals surface area contributed by atoms with E-state index in [2.05, 4.69) is 5.32 Å². The van der Waals surface area contributed by atoms with Gasteiger partial charge in [-0.25, -0.2) is 0 Å². The lowest BCUT2D eigenvalue weighted by atomic mass is 10.2. The van der Waals surface area contributed by atoms with Crippen LogP contribution in [0.2, 0.25) is 5.02 Å².